The highest BCUT2D eigenvalue weighted by Crippen LogP contribution is 2.47. The van der Waals surface area contributed by atoms with Gasteiger partial charge in [-0.2, -0.15) is 0 Å². The standard InChI is InChI=1S/C29H42N2O9S2/c1-6-7-18-41(5,40-42(35,36)26-13-11-22(2)12-14-26)19-16-27(33)31-24-9-8-10-25(20-24)38-17-15-29(37-4)39-28(34)21-30-23(3)32/h8-14,20,29H,6-7,15-19,21H2,1-5H3,(H,30,32)(H,31,33)/p+1. The van der Waals surface area contributed by atoms with Gasteiger partial charge in [0.15, 0.2) is 0 Å². The van der Waals surface area contributed by atoms with Crippen LogP contribution in [0.4, 0.5) is 5.69 Å². The molecule has 0 spiro atoms. The molecule has 0 aliphatic carbocycles. The van der Waals surface area contributed by atoms with E-state index in [4.69, 9.17) is 14.2 Å². The number of hydrogen-bond donors (Lipinski definition) is 2. The lowest BCUT2D eigenvalue weighted by molar-refractivity contribution is -0.174. The molecular weight excluding hydrogens is 584 g/mol. The zero-order chi connectivity index (χ0) is 31.2. The summed E-state index contributed by atoms with van der Waals surface area (Å²) in [6.45, 7) is 5.13. The van der Waals surface area contributed by atoms with Gasteiger partial charge < -0.3 is 24.8 Å². The summed E-state index contributed by atoms with van der Waals surface area (Å²) in [5.74, 6) is 0.231. The third kappa shape index (κ3) is 12.8. The normalized spacial score (nSPS) is 14.2. The molecule has 2 rings (SSSR count). The van der Waals surface area contributed by atoms with Crippen molar-refractivity contribution in [1.82, 2.24) is 5.32 Å². The number of aryl methyl sites for hydroxylation is 1. The van der Waals surface area contributed by atoms with Gasteiger partial charge in [0.2, 0.25) is 18.1 Å². The summed E-state index contributed by atoms with van der Waals surface area (Å²) in [5, 5.41) is 5.20. The molecule has 0 saturated heterocycles. The molecule has 2 atom stereocenters. The molecule has 13 heteroatoms. The average molecular weight is 628 g/mol. The van der Waals surface area contributed by atoms with E-state index < -0.39 is 32.7 Å². The number of amides is 2. The molecule has 0 radical (unpaired) electrons. The fourth-order valence-electron chi connectivity index (χ4n) is 3.70. The SMILES string of the molecule is CCCCS(C)(CCC(=O)Nc1cccc(OCCC(OC)OC(=O)CNC(C)=O)c1)[OH+]S(=O)(=O)c1ccc(C)cc1. The molecule has 0 bridgehead atoms. The number of nitrogens with one attached hydrogen (secondary N) is 2. The van der Waals surface area contributed by atoms with Gasteiger partial charge in [-0.15, -0.1) is 8.42 Å². The number of rotatable bonds is 18. The minimum atomic E-state index is -3.85. The zero-order valence-corrected chi connectivity index (χ0v) is 26.5. The molecule has 0 aromatic heterocycles. The molecule has 2 aromatic rings. The van der Waals surface area contributed by atoms with Crippen molar-refractivity contribution in [3.63, 3.8) is 0 Å². The Hall–Kier alpha value is -3.13. The van der Waals surface area contributed by atoms with Crippen LogP contribution in [0.3, 0.4) is 0 Å². The van der Waals surface area contributed by atoms with Gasteiger partial charge in [-0.1, -0.05) is 37.1 Å². The van der Waals surface area contributed by atoms with Crippen LogP contribution in [0.15, 0.2) is 53.4 Å². The van der Waals surface area contributed by atoms with Crippen molar-refractivity contribution >= 4 is 43.9 Å². The molecule has 0 aliphatic heterocycles. The molecule has 234 valence electrons. The van der Waals surface area contributed by atoms with Crippen molar-refractivity contribution < 1.29 is 40.6 Å². The zero-order valence-electron chi connectivity index (χ0n) is 24.9. The van der Waals surface area contributed by atoms with Crippen LogP contribution in [-0.2, 0) is 34.0 Å². The van der Waals surface area contributed by atoms with E-state index in [1.807, 2.05) is 20.1 Å². The second kappa shape index (κ2) is 17.1. The summed E-state index contributed by atoms with van der Waals surface area (Å²) in [6.07, 6.45) is 3.09. The molecular formula is C29H43N2O9S2+. The van der Waals surface area contributed by atoms with Gasteiger partial charge in [0.25, 0.3) is 0 Å². The van der Waals surface area contributed by atoms with Crippen LogP contribution >= 0.6 is 10.3 Å². The van der Waals surface area contributed by atoms with Crippen molar-refractivity contribution in [2.45, 2.75) is 57.6 Å². The summed E-state index contributed by atoms with van der Waals surface area (Å²) in [7, 11) is -4.42. The lowest BCUT2D eigenvalue weighted by Gasteiger charge is -2.29. The second-order valence-corrected chi connectivity index (χ2v) is 15.2. The first kappa shape index (κ1) is 35.1. The Labute approximate surface area is 250 Å². The van der Waals surface area contributed by atoms with E-state index >= 15 is 0 Å². The Morgan fingerprint density at radius 1 is 1.05 bits per heavy atom. The van der Waals surface area contributed by atoms with Crippen molar-refractivity contribution in [2.24, 2.45) is 0 Å². The predicted octanol–water partition coefficient (Wildman–Crippen LogP) is 4.38. The van der Waals surface area contributed by atoms with Gasteiger partial charge >= 0.3 is 16.1 Å². The first-order valence-electron chi connectivity index (χ1n) is 13.6. The number of methoxy groups -OCH3 is 1. The van der Waals surface area contributed by atoms with Crippen molar-refractivity contribution in [3.8, 4) is 5.75 Å². The summed E-state index contributed by atoms with van der Waals surface area (Å²) >= 11 is 0. The number of carbonyl (C=O) groups excluding carboxylic acids is 3. The molecule has 3 N–H and O–H groups in total. The van der Waals surface area contributed by atoms with Crippen molar-refractivity contribution in [2.75, 3.05) is 43.3 Å². The number of benzene rings is 2. The lowest BCUT2D eigenvalue weighted by atomic mass is 10.2. The molecule has 2 aromatic carbocycles. The number of esters is 1. The van der Waals surface area contributed by atoms with Gasteiger partial charge in [-0.05, 0) is 47.9 Å². The van der Waals surface area contributed by atoms with Crippen LogP contribution in [0.5, 0.6) is 5.75 Å². The Balaban J connectivity index is 1.92. The first-order chi connectivity index (χ1) is 19.9. The summed E-state index contributed by atoms with van der Waals surface area (Å²) in [4.78, 5) is 35.7. The summed E-state index contributed by atoms with van der Waals surface area (Å²) < 4.78 is 46.5. The van der Waals surface area contributed by atoms with Crippen LogP contribution in [0.2, 0.25) is 0 Å². The van der Waals surface area contributed by atoms with Crippen LogP contribution < -0.4 is 15.4 Å². The van der Waals surface area contributed by atoms with Crippen LogP contribution in [0.1, 0.15) is 45.1 Å². The van der Waals surface area contributed by atoms with E-state index in [1.165, 1.54) is 14.0 Å². The van der Waals surface area contributed by atoms with E-state index in [-0.39, 0.29) is 42.7 Å². The monoisotopic (exact) mass is 627 g/mol. The predicted molar refractivity (Wildman–Crippen MR) is 165 cm³/mol. The number of unbranched alkanes of at least 4 members (excludes halogenated alkanes) is 1. The maximum atomic E-state index is 13.0. The third-order valence-electron chi connectivity index (χ3n) is 6.05. The average Bonchev–Trinajstić information content (AvgIpc) is 2.93. The highest BCUT2D eigenvalue weighted by molar-refractivity contribution is 8.31. The van der Waals surface area contributed by atoms with Crippen molar-refractivity contribution in [1.29, 1.82) is 0 Å². The highest BCUT2D eigenvalue weighted by atomic mass is 32.3. The highest BCUT2D eigenvalue weighted by Gasteiger charge is 2.33. The van der Waals surface area contributed by atoms with Gasteiger partial charge in [-0.3, -0.25) is 18.0 Å². The fourth-order valence-corrected chi connectivity index (χ4v) is 8.76. The third-order valence-corrected chi connectivity index (χ3v) is 11.4. The van der Waals surface area contributed by atoms with Crippen LogP contribution in [0, 0.1) is 6.92 Å². The Bertz CT molecular complexity index is 1290. The lowest BCUT2D eigenvalue weighted by Crippen LogP contribution is -2.32. The van der Waals surface area contributed by atoms with E-state index in [1.54, 1.807) is 48.5 Å². The summed E-state index contributed by atoms with van der Waals surface area (Å²) in [5.41, 5.74) is 1.48. The molecule has 2 amide bonds. The molecule has 0 fully saturated rings. The Morgan fingerprint density at radius 2 is 1.76 bits per heavy atom. The van der Waals surface area contributed by atoms with E-state index in [0.29, 0.717) is 22.9 Å². The minimum absolute atomic E-state index is 0.118. The molecule has 11 nitrogen and oxygen atoms in total. The maximum absolute atomic E-state index is 13.0. The number of anilines is 1. The molecule has 42 heavy (non-hydrogen) atoms. The largest absolute Gasteiger partial charge is 0.493 e. The molecule has 2 unspecified atom stereocenters. The van der Waals surface area contributed by atoms with Crippen LogP contribution in [0.25, 0.3) is 0 Å². The van der Waals surface area contributed by atoms with E-state index in [2.05, 4.69) is 14.3 Å². The second-order valence-electron chi connectivity index (χ2n) is 9.87. The minimum Gasteiger partial charge on any atom is -0.493 e. The molecule has 0 saturated carbocycles. The Kier molecular flexibility index (Phi) is 14.3. The smallest absolute Gasteiger partial charge is 0.421 e. The summed E-state index contributed by atoms with van der Waals surface area (Å²) in [6, 6.07) is 13.5. The fraction of sp³-hybridized carbons (Fsp3) is 0.483. The number of carbonyl (C=O) groups is 3. The van der Waals surface area contributed by atoms with Crippen LogP contribution in [-0.4, -0.2) is 74.1 Å². The van der Waals surface area contributed by atoms with Gasteiger partial charge in [0.05, 0.1) is 6.61 Å². The number of ether oxygens (including phenoxy) is 3. The molecule has 0 heterocycles. The topological polar surface area (TPSA) is 150 Å². The van der Waals surface area contributed by atoms with E-state index in [9.17, 15) is 22.8 Å². The van der Waals surface area contributed by atoms with Gasteiger partial charge in [-0.25, -0.2) is 0 Å². The molecule has 0 aliphatic rings. The Morgan fingerprint density at radius 3 is 2.40 bits per heavy atom. The quantitative estimate of drug-likeness (QED) is 0.107. The van der Waals surface area contributed by atoms with Crippen molar-refractivity contribution in [3.05, 3.63) is 54.1 Å². The first-order valence-corrected chi connectivity index (χ1v) is 17.4. The maximum Gasteiger partial charge on any atom is 0.421 e. The van der Waals surface area contributed by atoms with Gasteiger partial charge in [0.1, 0.15) is 17.2 Å². The van der Waals surface area contributed by atoms with Gasteiger partial charge in [0, 0.05) is 56.4 Å². The number of hydrogen-bond acceptors (Lipinski definition) is 8. The van der Waals surface area contributed by atoms with E-state index in [0.717, 1.165) is 18.4 Å².